The lowest BCUT2D eigenvalue weighted by molar-refractivity contribution is -0.922. The van der Waals surface area contributed by atoms with E-state index in [-0.39, 0.29) is 0 Å². The minimum absolute atomic E-state index is 0.763. The number of hydrogen-bond acceptors (Lipinski definition) is 0. The van der Waals surface area contributed by atoms with Gasteiger partial charge in [0.2, 0.25) is 0 Å². The number of nitrogens with one attached hydrogen (secondary N) is 1. The maximum atomic E-state index is 4.30. The highest BCUT2D eigenvalue weighted by atomic mass is 15.1. The van der Waals surface area contributed by atoms with Gasteiger partial charge in [-0.05, 0) is 19.3 Å². The van der Waals surface area contributed by atoms with Crippen molar-refractivity contribution in [2.24, 2.45) is 5.92 Å². The van der Waals surface area contributed by atoms with E-state index in [0.29, 0.717) is 0 Å². The van der Waals surface area contributed by atoms with Crippen molar-refractivity contribution in [2.75, 3.05) is 13.6 Å². The van der Waals surface area contributed by atoms with Crippen LogP contribution < -0.4 is 10.6 Å². The van der Waals surface area contributed by atoms with Crippen LogP contribution in [0.4, 0.5) is 0 Å². The van der Waals surface area contributed by atoms with Gasteiger partial charge in [-0.15, -0.1) is 0 Å². The maximum Gasteiger partial charge on any atom is 0.0983 e. The summed E-state index contributed by atoms with van der Waals surface area (Å²) in [6, 6.07) is 1.72. The third kappa shape index (κ3) is 1.38. The van der Waals surface area contributed by atoms with E-state index >= 15 is 0 Å². The fourth-order valence-corrected chi connectivity index (χ4v) is 3.15. The van der Waals surface area contributed by atoms with Crippen LogP contribution in [0.2, 0.25) is 0 Å². The minimum atomic E-state index is 0.763. The Bertz CT molecular complexity index is 140. The second kappa shape index (κ2) is 3.35. The third-order valence-electron chi connectivity index (χ3n) is 3.97. The van der Waals surface area contributed by atoms with E-state index < -0.39 is 0 Å². The summed E-state index contributed by atoms with van der Waals surface area (Å²) in [5.41, 5.74) is 4.30. The van der Waals surface area contributed by atoms with E-state index in [2.05, 4.69) is 12.8 Å². The van der Waals surface area contributed by atoms with Crippen LogP contribution in [0.1, 0.15) is 32.1 Å². The predicted molar refractivity (Wildman–Crippen MR) is 48.8 cm³/mol. The highest BCUT2D eigenvalue weighted by Crippen LogP contribution is 2.26. The second-order valence-electron chi connectivity index (χ2n) is 4.70. The molecule has 1 saturated carbocycles. The molecule has 12 heavy (non-hydrogen) atoms. The fourth-order valence-electron chi connectivity index (χ4n) is 3.15. The summed E-state index contributed by atoms with van der Waals surface area (Å²) in [5.74, 6) is 0.951. The third-order valence-corrected chi connectivity index (χ3v) is 3.97. The van der Waals surface area contributed by atoms with Gasteiger partial charge in [0, 0.05) is 6.42 Å². The SMILES string of the molecule is C[NH+]1CC[C@H]([NH3+])[C@@H]2CCCC[C@H]21. The lowest BCUT2D eigenvalue weighted by Crippen LogP contribution is -3.16. The van der Waals surface area contributed by atoms with E-state index in [9.17, 15) is 0 Å². The molecule has 0 spiro atoms. The van der Waals surface area contributed by atoms with Gasteiger partial charge in [0.05, 0.1) is 31.6 Å². The Morgan fingerprint density at radius 1 is 1.17 bits per heavy atom. The second-order valence-corrected chi connectivity index (χ2v) is 4.70. The molecule has 2 fully saturated rings. The van der Waals surface area contributed by atoms with Crippen molar-refractivity contribution in [3.8, 4) is 0 Å². The van der Waals surface area contributed by atoms with Gasteiger partial charge < -0.3 is 10.6 Å². The predicted octanol–water partition coefficient (Wildman–Crippen LogP) is -0.926. The summed E-state index contributed by atoms with van der Waals surface area (Å²) in [6.07, 6.45) is 7.19. The molecule has 0 aromatic heterocycles. The average molecular weight is 170 g/mol. The van der Waals surface area contributed by atoms with Gasteiger partial charge >= 0.3 is 0 Å². The molecule has 0 bridgehead atoms. The Balaban J connectivity index is 2.05. The van der Waals surface area contributed by atoms with Crippen LogP contribution >= 0.6 is 0 Å². The summed E-state index contributed by atoms with van der Waals surface area (Å²) in [7, 11) is 2.37. The first-order valence-electron chi connectivity index (χ1n) is 5.44. The normalized spacial score (nSPS) is 48.5. The number of fused-ring (bicyclic) bond motifs is 1. The monoisotopic (exact) mass is 170 g/mol. The van der Waals surface area contributed by atoms with Gasteiger partial charge in [0.15, 0.2) is 0 Å². The van der Waals surface area contributed by atoms with Crippen LogP contribution in [0.3, 0.4) is 0 Å². The van der Waals surface area contributed by atoms with Crippen molar-refractivity contribution in [3.63, 3.8) is 0 Å². The molecule has 1 saturated heterocycles. The van der Waals surface area contributed by atoms with Crippen LogP contribution in [0.15, 0.2) is 0 Å². The summed E-state index contributed by atoms with van der Waals surface area (Å²) in [4.78, 5) is 1.78. The Morgan fingerprint density at radius 3 is 2.67 bits per heavy atom. The van der Waals surface area contributed by atoms with Crippen molar-refractivity contribution in [1.82, 2.24) is 0 Å². The topological polar surface area (TPSA) is 32.1 Å². The molecule has 1 unspecified atom stereocenters. The highest BCUT2D eigenvalue weighted by Gasteiger charge is 2.41. The van der Waals surface area contributed by atoms with Crippen LogP contribution in [0, 0.1) is 5.92 Å². The summed E-state index contributed by atoms with van der Waals surface area (Å²) < 4.78 is 0. The first-order valence-corrected chi connectivity index (χ1v) is 5.44. The average Bonchev–Trinajstić information content (AvgIpc) is 2.12. The number of hydrogen-bond donors (Lipinski definition) is 2. The van der Waals surface area contributed by atoms with Gasteiger partial charge in [-0.1, -0.05) is 6.42 Å². The molecule has 0 aromatic rings. The maximum absolute atomic E-state index is 4.30. The molecule has 2 rings (SSSR count). The molecule has 2 nitrogen and oxygen atoms in total. The summed E-state index contributed by atoms with van der Waals surface area (Å²) >= 11 is 0. The van der Waals surface area contributed by atoms with E-state index in [1.807, 2.05) is 0 Å². The number of quaternary nitrogens is 2. The Morgan fingerprint density at radius 2 is 1.92 bits per heavy atom. The summed E-state index contributed by atoms with van der Waals surface area (Å²) in [6.45, 7) is 1.36. The minimum Gasteiger partial charge on any atom is -0.355 e. The molecule has 0 aromatic carbocycles. The van der Waals surface area contributed by atoms with Gasteiger partial charge in [0.25, 0.3) is 0 Å². The van der Waals surface area contributed by atoms with E-state index in [0.717, 1.165) is 18.0 Å². The first kappa shape index (κ1) is 8.52. The van der Waals surface area contributed by atoms with Crippen molar-refractivity contribution < 1.29 is 10.6 Å². The molecule has 1 aliphatic carbocycles. The molecule has 4 N–H and O–H groups in total. The lowest BCUT2D eigenvalue weighted by Gasteiger charge is -2.40. The van der Waals surface area contributed by atoms with Gasteiger partial charge in [-0.2, -0.15) is 0 Å². The quantitative estimate of drug-likeness (QED) is 0.471. The molecule has 2 aliphatic rings. The van der Waals surface area contributed by atoms with Crippen LogP contribution in [-0.2, 0) is 0 Å². The standard InChI is InChI=1S/C10H20N2/c1-12-7-6-9(11)8-4-2-3-5-10(8)12/h8-10H,2-7,11H2,1H3/p+2/t8-,9-,10+/m0/s1. The van der Waals surface area contributed by atoms with Crippen molar-refractivity contribution >= 4 is 0 Å². The smallest absolute Gasteiger partial charge is 0.0983 e. The Kier molecular flexibility index (Phi) is 2.37. The number of rotatable bonds is 0. The lowest BCUT2D eigenvalue weighted by atomic mass is 9.76. The first-order chi connectivity index (χ1) is 5.79. The van der Waals surface area contributed by atoms with Crippen LogP contribution in [0.5, 0.6) is 0 Å². The molecule has 1 heterocycles. The highest BCUT2D eigenvalue weighted by molar-refractivity contribution is 4.82. The zero-order chi connectivity index (χ0) is 8.55. The fraction of sp³-hybridized carbons (Fsp3) is 1.00. The molecule has 4 atom stereocenters. The van der Waals surface area contributed by atoms with Gasteiger partial charge in [-0.25, -0.2) is 0 Å². The van der Waals surface area contributed by atoms with E-state index in [4.69, 9.17) is 0 Å². The van der Waals surface area contributed by atoms with Crippen molar-refractivity contribution in [2.45, 2.75) is 44.2 Å². The molecule has 0 radical (unpaired) electrons. The van der Waals surface area contributed by atoms with Crippen LogP contribution in [-0.4, -0.2) is 25.7 Å². The Labute approximate surface area is 75.1 Å². The number of likely N-dealkylation sites (tertiary alicyclic amines) is 1. The Hall–Kier alpha value is -0.0800. The molecular weight excluding hydrogens is 148 g/mol. The molecule has 2 heteroatoms. The molecule has 70 valence electrons. The van der Waals surface area contributed by atoms with Gasteiger partial charge in [-0.3, -0.25) is 0 Å². The van der Waals surface area contributed by atoms with Gasteiger partial charge in [0.1, 0.15) is 0 Å². The van der Waals surface area contributed by atoms with Crippen LogP contribution in [0.25, 0.3) is 0 Å². The van der Waals surface area contributed by atoms with E-state index in [1.54, 1.807) is 4.90 Å². The largest absolute Gasteiger partial charge is 0.355 e. The molecular formula is C10H22N2+2. The number of piperidine rings is 1. The molecule has 0 amide bonds. The van der Waals surface area contributed by atoms with E-state index in [1.165, 1.54) is 38.6 Å². The van der Waals surface area contributed by atoms with Crippen molar-refractivity contribution in [1.29, 1.82) is 0 Å². The summed E-state index contributed by atoms with van der Waals surface area (Å²) in [5, 5.41) is 0. The zero-order valence-corrected chi connectivity index (χ0v) is 8.18. The zero-order valence-electron chi connectivity index (χ0n) is 8.18. The molecule has 1 aliphatic heterocycles. The van der Waals surface area contributed by atoms with Crippen molar-refractivity contribution in [3.05, 3.63) is 0 Å².